The molecule has 3 heteroatoms. The molecule has 1 saturated heterocycles. The average molecular weight is 318 g/mol. The van der Waals surface area contributed by atoms with E-state index in [0.717, 1.165) is 31.2 Å². The number of hydrogen-bond acceptors (Lipinski definition) is 2. The van der Waals surface area contributed by atoms with E-state index >= 15 is 0 Å². The van der Waals surface area contributed by atoms with Gasteiger partial charge in [0.15, 0.2) is 0 Å². The number of halogens is 1. The maximum atomic E-state index is 6.07. The topological polar surface area (TPSA) is 21.3 Å². The summed E-state index contributed by atoms with van der Waals surface area (Å²) in [4.78, 5) is 0. The van der Waals surface area contributed by atoms with Gasteiger partial charge in [0.25, 0.3) is 0 Å². The van der Waals surface area contributed by atoms with E-state index in [1.54, 1.807) is 0 Å². The number of ether oxygens (including phenoxy) is 1. The maximum Gasteiger partial charge on any atom is 0.127 e. The van der Waals surface area contributed by atoms with Crippen molar-refractivity contribution in [2.75, 3.05) is 19.7 Å². The van der Waals surface area contributed by atoms with Crippen molar-refractivity contribution in [1.82, 2.24) is 5.32 Å². The van der Waals surface area contributed by atoms with E-state index in [1.165, 1.54) is 30.5 Å². The van der Waals surface area contributed by atoms with Crippen LogP contribution in [0.3, 0.4) is 0 Å². The van der Waals surface area contributed by atoms with Crippen LogP contribution in [0.5, 0.6) is 5.75 Å². The Morgan fingerprint density at radius 2 is 1.77 bits per heavy atom. The van der Waals surface area contributed by atoms with Gasteiger partial charge in [-0.25, -0.2) is 0 Å². The van der Waals surface area contributed by atoms with E-state index in [9.17, 15) is 0 Å². The third kappa shape index (κ3) is 4.49. The van der Waals surface area contributed by atoms with E-state index in [4.69, 9.17) is 4.74 Å². The van der Waals surface area contributed by atoms with Gasteiger partial charge in [0, 0.05) is 5.56 Å². The Bertz CT molecular complexity index is 552. The van der Waals surface area contributed by atoms with Crippen LogP contribution in [0.2, 0.25) is 0 Å². The molecule has 0 radical (unpaired) electrons. The Hall–Kier alpha value is -1.51. The Morgan fingerprint density at radius 1 is 1.00 bits per heavy atom. The Labute approximate surface area is 139 Å². The normalized spacial score (nSPS) is 17.5. The van der Waals surface area contributed by atoms with Crippen LogP contribution in [0.1, 0.15) is 19.3 Å². The summed E-state index contributed by atoms with van der Waals surface area (Å²) >= 11 is 0. The van der Waals surface area contributed by atoms with Crippen molar-refractivity contribution < 1.29 is 4.74 Å². The molecule has 1 fully saturated rings. The Kier molecular flexibility index (Phi) is 6.75. The SMILES string of the molecule is Cl.c1ccc(-c2ccccc2OCCC2CCCNC2)cc1. The lowest BCUT2D eigenvalue weighted by Gasteiger charge is -2.22. The monoisotopic (exact) mass is 317 g/mol. The highest BCUT2D eigenvalue weighted by Crippen LogP contribution is 2.29. The van der Waals surface area contributed by atoms with Crippen LogP contribution < -0.4 is 10.1 Å². The van der Waals surface area contributed by atoms with Gasteiger partial charge in [0.2, 0.25) is 0 Å². The fraction of sp³-hybridized carbons (Fsp3) is 0.368. The fourth-order valence-corrected chi connectivity index (χ4v) is 2.95. The van der Waals surface area contributed by atoms with Crippen LogP contribution in [-0.2, 0) is 0 Å². The summed E-state index contributed by atoms with van der Waals surface area (Å²) in [6.45, 7) is 3.12. The van der Waals surface area contributed by atoms with Crippen LogP contribution in [0, 0.1) is 5.92 Å². The van der Waals surface area contributed by atoms with Gasteiger partial charge in [-0.2, -0.15) is 0 Å². The standard InChI is InChI=1S/C19H23NO.ClH/c1-2-8-17(9-3-1)18-10-4-5-11-19(18)21-14-12-16-7-6-13-20-15-16;/h1-5,8-11,16,20H,6-7,12-15H2;1H. The zero-order chi connectivity index (χ0) is 14.3. The molecule has 1 aliphatic rings. The lowest BCUT2D eigenvalue weighted by Crippen LogP contribution is -2.30. The number of para-hydroxylation sites is 1. The molecule has 0 saturated carbocycles. The number of piperidine rings is 1. The summed E-state index contributed by atoms with van der Waals surface area (Å²) in [5, 5.41) is 3.47. The predicted octanol–water partition coefficient (Wildman–Crippen LogP) is 4.54. The van der Waals surface area contributed by atoms with Crippen LogP contribution in [0.25, 0.3) is 11.1 Å². The van der Waals surface area contributed by atoms with E-state index in [2.05, 4.69) is 47.8 Å². The molecule has 1 unspecified atom stereocenters. The number of benzene rings is 2. The van der Waals surface area contributed by atoms with Crippen LogP contribution in [-0.4, -0.2) is 19.7 Å². The van der Waals surface area contributed by atoms with Crippen LogP contribution >= 0.6 is 12.4 Å². The van der Waals surface area contributed by atoms with E-state index in [-0.39, 0.29) is 12.4 Å². The van der Waals surface area contributed by atoms with Gasteiger partial charge in [0.1, 0.15) is 5.75 Å². The summed E-state index contributed by atoms with van der Waals surface area (Å²) in [5.41, 5.74) is 2.40. The second kappa shape index (κ2) is 8.82. The van der Waals surface area contributed by atoms with Gasteiger partial charge >= 0.3 is 0 Å². The maximum absolute atomic E-state index is 6.07. The molecule has 1 N–H and O–H groups in total. The quantitative estimate of drug-likeness (QED) is 0.874. The molecule has 0 amide bonds. The molecular weight excluding hydrogens is 294 g/mol. The van der Waals surface area contributed by atoms with Crippen molar-refractivity contribution >= 4 is 12.4 Å². The smallest absolute Gasteiger partial charge is 0.127 e. The highest BCUT2D eigenvalue weighted by molar-refractivity contribution is 5.85. The summed E-state index contributed by atoms with van der Waals surface area (Å²) in [6, 6.07) is 18.8. The number of hydrogen-bond donors (Lipinski definition) is 1. The third-order valence-corrected chi connectivity index (χ3v) is 4.15. The van der Waals surface area contributed by atoms with Crippen molar-refractivity contribution in [2.45, 2.75) is 19.3 Å². The molecule has 2 aromatic rings. The first-order valence-corrected chi connectivity index (χ1v) is 7.91. The second-order valence-corrected chi connectivity index (χ2v) is 5.71. The zero-order valence-corrected chi connectivity index (χ0v) is 13.6. The van der Waals surface area contributed by atoms with Crippen molar-refractivity contribution in [3.05, 3.63) is 54.6 Å². The molecule has 1 heterocycles. The van der Waals surface area contributed by atoms with Gasteiger partial charge in [-0.05, 0) is 49.9 Å². The van der Waals surface area contributed by atoms with Gasteiger partial charge in [0.05, 0.1) is 6.61 Å². The Morgan fingerprint density at radius 3 is 2.55 bits per heavy atom. The first-order valence-electron chi connectivity index (χ1n) is 7.91. The molecule has 0 aliphatic carbocycles. The molecule has 1 atom stereocenters. The lowest BCUT2D eigenvalue weighted by atomic mass is 9.97. The largest absolute Gasteiger partial charge is 0.493 e. The third-order valence-electron chi connectivity index (χ3n) is 4.15. The highest BCUT2D eigenvalue weighted by atomic mass is 35.5. The van der Waals surface area contributed by atoms with Gasteiger partial charge in [-0.15, -0.1) is 12.4 Å². The molecule has 1 aliphatic heterocycles. The summed E-state index contributed by atoms with van der Waals surface area (Å²) in [6.07, 6.45) is 3.76. The van der Waals surface area contributed by atoms with E-state index in [1.807, 2.05) is 12.1 Å². The minimum absolute atomic E-state index is 0. The van der Waals surface area contributed by atoms with E-state index in [0.29, 0.717) is 0 Å². The molecule has 118 valence electrons. The molecule has 2 aromatic carbocycles. The average Bonchev–Trinajstić information content (AvgIpc) is 2.57. The first-order chi connectivity index (χ1) is 10.4. The minimum atomic E-state index is 0. The lowest BCUT2D eigenvalue weighted by molar-refractivity contribution is 0.255. The molecule has 0 bridgehead atoms. The van der Waals surface area contributed by atoms with Crippen LogP contribution in [0.15, 0.2) is 54.6 Å². The molecule has 2 nitrogen and oxygen atoms in total. The molecule has 0 spiro atoms. The predicted molar refractivity (Wildman–Crippen MR) is 94.8 cm³/mol. The van der Waals surface area contributed by atoms with Gasteiger partial charge in [-0.1, -0.05) is 48.5 Å². The summed E-state index contributed by atoms with van der Waals surface area (Å²) < 4.78 is 6.07. The number of rotatable bonds is 5. The number of nitrogens with one attached hydrogen (secondary N) is 1. The molecule has 22 heavy (non-hydrogen) atoms. The summed E-state index contributed by atoms with van der Waals surface area (Å²) in [5.74, 6) is 1.76. The molecule has 0 aromatic heterocycles. The fourth-order valence-electron chi connectivity index (χ4n) is 2.95. The zero-order valence-electron chi connectivity index (χ0n) is 12.8. The molecular formula is C19H24ClNO. The minimum Gasteiger partial charge on any atom is -0.493 e. The van der Waals surface area contributed by atoms with Crippen molar-refractivity contribution in [3.8, 4) is 16.9 Å². The molecule has 3 rings (SSSR count). The Balaban J connectivity index is 0.00000176. The van der Waals surface area contributed by atoms with Gasteiger partial charge in [-0.3, -0.25) is 0 Å². The van der Waals surface area contributed by atoms with Crippen molar-refractivity contribution in [2.24, 2.45) is 5.92 Å². The van der Waals surface area contributed by atoms with Crippen LogP contribution in [0.4, 0.5) is 0 Å². The first kappa shape index (κ1) is 16.9. The van der Waals surface area contributed by atoms with Gasteiger partial charge < -0.3 is 10.1 Å². The van der Waals surface area contributed by atoms with Crippen molar-refractivity contribution in [1.29, 1.82) is 0 Å². The second-order valence-electron chi connectivity index (χ2n) is 5.71. The van der Waals surface area contributed by atoms with Crippen molar-refractivity contribution in [3.63, 3.8) is 0 Å². The van der Waals surface area contributed by atoms with E-state index < -0.39 is 0 Å². The summed E-state index contributed by atoms with van der Waals surface area (Å²) in [7, 11) is 0. The highest BCUT2D eigenvalue weighted by Gasteiger charge is 2.13.